The molecule has 0 aliphatic rings. The second-order valence-corrected chi connectivity index (χ2v) is 9.98. The second-order valence-electron chi connectivity index (χ2n) is 9.98. The third-order valence-electron chi connectivity index (χ3n) is 7.29. The molecule has 0 aliphatic carbocycles. The van der Waals surface area contributed by atoms with E-state index < -0.39 is 0 Å². The summed E-state index contributed by atoms with van der Waals surface area (Å²) in [6.45, 7) is 0. The van der Waals surface area contributed by atoms with Crippen LogP contribution < -0.4 is 4.90 Å². The molecule has 210 valence electrons. The zero-order valence-electron chi connectivity index (χ0n) is 23.0. The van der Waals surface area contributed by atoms with Gasteiger partial charge in [-0.3, -0.25) is 4.98 Å². The fourth-order valence-electron chi connectivity index (χ4n) is 5.30. The second kappa shape index (κ2) is 12.4. The Morgan fingerprint density at radius 3 is 2.16 bits per heavy atom. The fourth-order valence-corrected chi connectivity index (χ4v) is 5.30. The Bertz CT molecular complexity index is 2010. The standard InChI is InChI=1S/C38H26N3O.Pt/c42-37-21-7-6-19-33(37)35-26-30(27-12-2-1-3-13-27)25-34(40-35)29-16-10-17-31(24-29)41(38-22-8-9-23-39-38)36-20-11-15-28-14-4-5-18-32(28)36;/h1-23,25-26,42H;/q-1;. The van der Waals surface area contributed by atoms with E-state index in [-0.39, 0.29) is 26.8 Å². The van der Waals surface area contributed by atoms with Gasteiger partial charge in [-0.05, 0) is 64.3 Å². The summed E-state index contributed by atoms with van der Waals surface area (Å²) in [5.41, 5.74) is 6.91. The molecular weight excluding hydrogens is 710 g/mol. The molecule has 0 unspecified atom stereocenters. The van der Waals surface area contributed by atoms with E-state index in [1.54, 1.807) is 12.3 Å². The third-order valence-corrected chi connectivity index (χ3v) is 7.29. The van der Waals surface area contributed by atoms with E-state index in [9.17, 15) is 5.11 Å². The van der Waals surface area contributed by atoms with Crippen molar-refractivity contribution in [3.63, 3.8) is 0 Å². The number of benzene rings is 5. The molecule has 2 heterocycles. The summed E-state index contributed by atoms with van der Waals surface area (Å²) in [5.74, 6) is 0.985. The predicted octanol–water partition coefficient (Wildman–Crippen LogP) is 9.60. The summed E-state index contributed by atoms with van der Waals surface area (Å²) in [6, 6.07) is 52.0. The minimum atomic E-state index is 0. The molecule has 0 amide bonds. The summed E-state index contributed by atoms with van der Waals surface area (Å²) in [6.07, 6.45) is 1.81. The zero-order valence-corrected chi connectivity index (χ0v) is 25.3. The maximum absolute atomic E-state index is 10.7. The van der Waals surface area contributed by atoms with Crippen molar-refractivity contribution < 1.29 is 26.2 Å². The molecular formula is C38H26N3OPt-. The van der Waals surface area contributed by atoms with Gasteiger partial charge in [0.05, 0.1) is 11.4 Å². The first-order valence-corrected chi connectivity index (χ1v) is 13.8. The van der Waals surface area contributed by atoms with Crippen molar-refractivity contribution in [1.29, 1.82) is 0 Å². The van der Waals surface area contributed by atoms with Gasteiger partial charge in [0.2, 0.25) is 0 Å². The molecule has 7 aromatic rings. The molecule has 0 radical (unpaired) electrons. The van der Waals surface area contributed by atoms with E-state index in [2.05, 4.69) is 71.6 Å². The summed E-state index contributed by atoms with van der Waals surface area (Å²) >= 11 is 0. The average Bonchev–Trinajstić information content (AvgIpc) is 3.06. The fraction of sp³-hybridized carbons (Fsp3) is 0. The Balaban J connectivity index is 0.00000329. The van der Waals surface area contributed by atoms with Gasteiger partial charge in [0.15, 0.2) is 0 Å². The molecule has 0 spiro atoms. The quantitative estimate of drug-likeness (QED) is 0.173. The van der Waals surface area contributed by atoms with Gasteiger partial charge in [-0.25, -0.2) is 4.98 Å². The van der Waals surface area contributed by atoms with Gasteiger partial charge in [0, 0.05) is 38.2 Å². The first-order chi connectivity index (χ1) is 20.7. The smallest absolute Gasteiger partial charge is 0.136 e. The average molecular weight is 736 g/mol. The SMILES string of the molecule is Oc1ccccc1-c1cc(-c2ccccc2)cc(-c2[c-]c(N(c3ccccn3)c3cccc4ccccc34)ccc2)n1.[Pt]. The number of aromatic hydroxyl groups is 1. The Labute approximate surface area is 265 Å². The van der Waals surface area contributed by atoms with Crippen molar-refractivity contribution in [3.05, 3.63) is 158 Å². The van der Waals surface area contributed by atoms with E-state index in [1.807, 2.05) is 78.9 Å². The van der Waals surface area contributed by atoms with Gasteiger partial charge in [-0.15, -0.1) is 29.8 Å². The van der Waals surface area contributed by atoms with Crippen LogP contribution in [-0.2, 0) is 21.1 Å². The first-order valence-electron chi connectivity index (χ1n) is 13.8. The number of nitrogens with zero attached hydrogens (tertiary/aromatic N) is 3. The summed E-state index contributed by atoms with van der Waals surface area (Å²) in [4.78, 5) is 11.9. The number of phenolic OH excluding ortho intramolecular Hbond substituents is 1. The number of para-hydroxylation sites is 1. The summed E-state index contributed by atoms with van der Waals surface area (Å²) in [5, 5.41) is 13.0. The number of rotatable bonds is 6. The molecule has 0 bridgehead atoms. The van der Waals surface area contributed by atoms with Crippen molar-refractivity contribution in [2.24, 2.45) is 0 Å². The largest absolute Gasteiger partial charge is 0.507 e. The van der Waals surface area contributed by atoms with Crippen molar-refractivity contribution in [2.75, 3.05) is 4.90 Å². The van der Waals surface area contributed by atoms with Crippen molar-refractivity contribution in [3.8, 4) is 39.4 Å². The third kappa shape index (κ3) is 5.70. The molecule has 2 aromatic heterocycles. The van der Waals surface area contributed by atoms with Crippen LogP contribution >= 0.6 is 0 Å². The van der Waals surface area contributed by atoms with Crippen LogP contribution in [0.2, 0.25) is 0 Å². The van der Waals surface area contributed by atoms with E-state index in [0.717, 1.165) is 50.3 Å². The predicted molar refractivity (Wildman–Crippen MR) is 171 cm³/mol. The molecule has 43 heavy (non-hydrogen) atoms. The first kappa shape index (κ1) is 28.1. The number of fused-ring (bicyclic) bond motifs is 1. The monoisotopic (exact) mass is 735 g/mol. The number of hydrogen-bond donors (Lipinski definition) is 1. The molecule has 0 saturated heterocycles. The minimum Gasteiger partial charge on any atom is -0.507 e. The van der Waals surface area contributed by atoms with Crippen LogP contribution in [0.5, 0.6) is 5.75 Å². The van der Waals surface area contributed by atoms with Gasteiger partial charge in [0.25, 0.3) is 0 Å². The van der Waals surface area contributed by atoms with E-state index >= 15 is 0 Å². The maximum Gasteiger partial charge on any atom is 0.136 e. The van der Waals surface area contributed by atoms with Gasteiger partial charge in [-0.2, -0.15) is 0 Å². The van der Waals surface area contributed by atoms with Crippen molar-refractivity contribution >= 4 is 28.0 Å². The maximum atomic E-state index is 10.7. The molecule has 0 aliphatic heterocycles. The van der Waals surface area contributed by atoms with E-state index in [4.69, 9.17) is 9.97 Å². The van der Waals surface area contributed by atoms with Crippen LogP contribution in [0.4, 0.5) is 17.2 Å². The van der Waals surface area contributed by atoms with Crippen molar-refractivity contribution in [1.82, 2.24) is 9.97 Å². The zero-order chi connectivity index (χ0) is 28.3. The molecule has 5 aromatic carbocycles. The number of hydrogen-bond acceptors (Lipinski definition) is 4. The molecule has 0 fully saturated rings. The van der Waals surface area contributed by atoms with E-state index in [0.29, 0.717) is 11.3 Å². The summed E-state index contributed by atoms with van der Waals surface area (Å²) in [7, 11) is 0. The topological polar surface area (TPSA) is 49.2 Å². The Morgan fingerprint density at radius 2 is 1.33 bits per heavy atom. The number of phenols is 1. The van der Waals surface area contributed by atoms with Gasteiger partial charge < -0.3 is 10.0 Å². The molecule has 7 rings (SSSR count). The Morgan fingerprint density at radius 1 is 0.605 bits per heavy atom. The van der Waals surface area contributed by atoms with Crippen molar-refractivity contribution in [2.45, 2.75) is 0 Å². The van der Waals surface area contributed by atoms with Gasteiger partial charge in [0.1, 0.15) is 11.6 Å². The van der Waals surface area contributed by atoms with Gasteiger partial charge in [-0.1, -0.05) is 91.0 Å². The number of pyridine rings is 2. The minimum absolute atomic E-state index is 0. The number of aromatic nitrogens is 2. The normalized spacial score (nSPS) is 10.7. The van der Waals surface area contributed by atoms with E-state index in [1.165, 1.54) is 0 Å². The Hall–Kier alpha value is -5.05. The molecule has 0 saturated carbocycles. The number of anilines is 3. The van der Waals surface area contributed by atoms with Crippen LogP contribution in [0.3, 0.4) is 0 Å². The molecule has 5 heteroatoms. The molecule has 1 N–H and O–H groups in total. The van der Waals surface area contributed by atoms with Gasteiger partial charge >= 0.3 is 0 Å². The van der Waals surface area contributed by atoms with Crippen LogP contribution in [0, 0.1) is 6.07 Å². The van der Waals surface area contributed by atoms with Crippen LogP contribution in [0.25, 0.3) is 44.4 Å². The molecule has 4 nitrogen and oxygen atoms in total. The summed E-state index contributed by atoms with van der Waals surface area (Å²) < 4.78 is 0. The van der Waals surface area contributed by atoms with Crippen LogP contribution in [0.15, 0.2) is 152 Å². The Kier molecular flexibility index (Phi) is 8.13. The molecule has 0 atom stereocenters. The van der Waals surface area contributed by atoms with Crippen LogP contribution in [-0.4, -0.2) is 15.1 Å². The van der Waals surface area contributed by atoms with Crippen LogP contribution in [0.1, 0.15) is 0 Å².